The summed E-state index contributed by atoms with van der Waals surface area (Å²) < 4.78 is 10.7. The lowest BCUT2D eigenvalue weighted by Crippen LogP contribution is -2.34. The van der Waals surface area contributed by atoms with E-state index in [0.29, 0.717) is 31.7 Å². The largest absolute Gasteiger partial charge is 0.389 e. The Kier molecular flexibility index (Phi) is 6.17. The molecule has 0 saturated carbocycles. The molecule has 1 saturated heterocycles. The van der Waals surface area contributed by atoms with Crippen molar-refractivity contribution in [3.63, 3.8) is 0 Å². The molecule has 1 aliphatic heterocycles. The van der Waals surface area contributed by atoms with E-state index in [1.165, 1.54) is 0 Å². The van der Waals surface area contributed by atoms with Gasteiger partial charge >= 0.3 is 0 Å². The lowest BCUT2D eigenvalue weighted by Gasteiger charge is -2.15. The summed E-state index contributed by atoms with van der Waals surface area (Å²) in [4.78, 5) is 0. The van der Waals surface area contributed by atoms with E-state index in [0.717, 1.165) is 19.6 Å². The minimum atomic E-state index is -0.408. The highest BCUT2D eigenvalue weighted by atomic mass is 16.5. The highest BCUT2D eigenvalue weighted by Crippen LogP contribution is 2.12. The van der Waals surface area contributed by atoms with E-state index < -0.39 is 6.10 Å². The summed E-state index contributed by atoms with van der Waals surface area (Å²) in [6.07, 6.45) is 0.676. The fourth-order valence-electron chi connectivity index (χ4n) is 1.52. The fraction of sp³-hybridized carbons (Fsp3) is 1.00. The molecular weight excluding hydrogens is 194 g/mol. The first-order valence-corrected chi connectivity index (χ1v) is 5.75. The molecule has 0 aromatic carbocycles. The average Bonchev–Trinajstić information content (AvgIpc) is 2.67. The minimum Gasteiger partial charge on any atom is -0.389 e. The van der Waals surface area contributed by atoms with Crippen LogP contribution in [-0.2, 0) is 9.47 Å². The fourth-order valence-corrected chi connectivity index (χ4v) is 1.52. The maximum atomic E-state index is 9.55. The van der Waals surface area contributed by atoms with E-state index >= 15 is 0 Å². The number of hydrogen-bond acceptors (Lipinski definition) is 4. The quantitative estimate of drug-likeness (QED) is 0.648. The van der Waals surface area contributed by atoms with Crippen molar-refractivity contribution < 1.29 is 14.6 Å². The zero-order chi connectivity index (χ0) is 11.1. The van der Waals surface area contributed by atoms with E-state index in [1.807, 2.05) is 0 Å². The molecular formula is C11H23NO3. The highest BCUT2D eigenvalue weighted by molar-refractivity contribution is 4.65. The number of hydrogen-bond donors (Lipinski definition) is 2. The second-order valence-electron chi connectivity index (χ2n) is 4.48. The van der Waals surface area contributed by atoms with Gasteiger partial charge in [-0.2, -0.15) is 0 Å². The van der Waals surface area contributed by atoms with Crippen molar-refractivity contribution in [1.82, 2.24) is 5.32 Å². The molecule has 15 heavy (non-hydrogen) atoms. The smallest absolute Gasteiger partial charge is 0.0897 e. The van der Waals surface area contributed by atoms with Crippen LogP contribution < -0.4 is 5.32 Å². The van der Waals surface area contributed by atoms with Crippen LogP contribution in [-0.4, -0.2) is 50.2 Å². The zero-order valence-electron chi connectivity index (χ0n) is 9.74. The van der Waals surface area contributed by atoms with Gasteiger partial charge < -0.3 is 19.9 Å². The molecule has 0 amide bonds. The lowest BCUT2D eigenvalue weighted by molar-refractivity contribution is 0.0190. The Bertz CT molecular complexity index is 158. The molecule has 0 spiro atoms. The number of rotatable bonds is 7. The lowest BCUT2D eigenvalue weighted by atomic mass is 10.1. The molecule has 4 heteroatoms. The molecule has 4 nitrogen and oxygen atoms in total. The van der Waals surface area contributed by atoms with Crippen LogP contribution in [0.25, 0.3) is 0 Å². The third-order valence-electron chi connectivity index (χ3n) is 2.45. The van der Waals surface area contributed by atoms with Gasteiger partial charge in [-0.15, -0.1) is 0 Å². The van der Waals surface area contributed by atoms with Crippen LogP contribution >= 0.6 is 0 Å². The van der Waals surface area contributed by atoms with Crippen LogP contribution in [0.15, 0.2) is 0 Å². The maximum absolute atomic E-state index is 9.55. The molecule has 1 rings (SSSR count). The second-order valence-corrected chi connectivity index (χ2v) is 4.48. The molecule has 90 valence electrons. The Hall–Kier alpha value is -0.160. The Labute approximate surface area is 92.0 Å². The van der Waals surface area contributed by atoms with Gasteiger partial charge in [0.05, 0.1) is 25.9 Å². The number of ether oxygens (including phenoxy) is 2. The van der Waals surface area contributed by atoms with E-state index in [1.54, 1.807) is 0 Å². The summed E-state index contributed by atoms with van der Waals surface area (Å²) in [5.74, 6) is 0.523. The summed E-state index contributed by atoms with van der Waals surface area (Å²) in [5.41, 5.74) is 0. The first-order valence-electron chi connectivity index (χ1n) is 5.75. The molecule has 2 atom stereocenters. The number of aliphatic hydroxyl groups excluding tert-OH is 1. The van der Waals surface area contributed by atoms with E-state index in [-0.39, 0.29) is 0 Å². The summed E-state index contributed by atoms with van der Waals surface area (Å²) in [5, 5.41) is 12.7. The molecule has 1 fully saturated rings. The van der Waals surface area contributed by atoms with Crippen molar-refractivity contribution in [2.45, 2.75) is 32.4 Å². The van der Waals surface area contributed by atoms with Gasteiger partial charge in [0.1, 0.15) is 0 Å². The van der Waals surface area contributed by atoms with Gasteiger partial charge in [0.25, 0.3) is 0 Å². The highest BCUT2D eigenvalue weighted by Gasteiger charge is 2.16. The Balaban J connectivity index is 1.93. The van der Waals surface area contributed by atoms with Crippen molar-refractivity contribution in [1.29, 1.82) is 0 Å². The molecule has 1 heterocycles. The van der Waals surface area contributed by atoms with Gasteiger partial charge in [-0.1, -0.05) is 13.8 Å². The molecule has 0 bridgehead atoms. The molecule has 0 aromatic rings. The molecule has 1 aliphatic rings. The van der Waals surface area contributed by atoms with E-state index in [9.17, 15) is 5.11 Å². The van der Waals surface area contributed by atoms with Gasteiger partial charge in [0.15, 0.2) is 0 Å². The summed E-state index contributed by atoms with van der Waals surface area (Å²) in [6, 6.07) is 0.405. The van der Waals surface area contributed by atoms with Crippen molar-refractivity contribution in [2.24, 2.45) is 5.92 Å². The SMILES string of the molecule is CC(C)NCC(O)COCC1CCOC1. The van der Waals surface area contributed by atoms with Crippen molar-refractivity contribution in [3.05, 3.63) is 0 Å². The van der Waals surface area contributed by atoms with Gasteiger partial charge in [-0.3, -0.25) is 0 Å². The second kappa shape index (κ2) is 7.17. The van der Waals surface area contributed by atoms with E-state index in [2.05, 4.69) is 19.2 Å². The topological polar surface area (TPSA) is 50.7 Å². The number of nitrogens with one attached hydrogen (secondary N) is 1. The third kappa shape index (κ3) is 6.10. The van der Waals surface area contributed by atoms with Crippen molar-refractivity contribution in [2.75, 3.05) is 33.0 Å². The Morgan fingerprint density at radius 2 is 2.33 bits per heavy atom. The minimum absolute atomic E-state index is 0.405. The Morgan fingerprint density at radius 1 is 1.53 bits per heavy atom. The molecule has 0 aromatic heterocycles. The van der Waals surface area contributed by atoms with Gasteiger partial charge in [0.2, 0.25) is 0 Å². The van der Waals surface area contributed by atoms with Crippen molar-refractivity contribution in [3.8, 4) is 0 Å². The normalized spacial score (nSPS) is 23.6. The predicted octanol–water partition coefficient (Wildman–Crippen LogP) is 0.398. The monoisotopic (exact) mass is 217 g/mol. The predicted molar refractivity (Wildman–Crippen MR) is 58.9 cm³/mol. The van der Waals surface area contributed by atoms with Crippen LogP contribution in [0.2, 0.25) is 0 Å². The van der Waals surface area contributed by atoms with Crippen LogP contribution in [0, 0.1) is 5.92 Å². The van der Waals surface area contributed by atoms with E-state index in [4.69, 9.17) is 9.47 Å². The molecule has 0 radical (unpaired) electrons. The standard InChI is InChI=1S/C11H23NO3/c1-9(2)12-5-11(13)8-15-7-10-3-4-14-6-10/h9-13H,3-8H2,1-2H3. The average molecular weight is 217 g/mol. The van der Waals surface area contributed by atoms with Crippen LogP contribution in [0.1, 0.15) is 20.3 Å². The van der Waals surface area contributed by atoms with Gasteiger partial charge in [0, 0.05) is 25.1 Å². The maximum Gasteiger partial charge on any atom is 0.0897 e. The first kappa shape index (κ1) is 12.9. The van der Waals surface area contributed by atoms with Gasteiger partial charge in [-0.05, 0) is 6.42 Å². The summed E-state index contributed by atoms with van der Waals surface area (Å²) in [6.45, 7) is 7.49. The van der Waals surface area contributed by atoms with Crippen LogP contribution in [0.4, 0.5) is 0 Å². The summed E-state index contributed by atoms with van der Waals surface area (Å²) in [7, 11) is 0. The first-order chi connectivity index (χ1) is 7.18. The van der Waals surface area contributed by atoms with Crippen molar-refractivity contribution >= 4 is 0 Å². The number of aliphatic hydroxyl groups is 1. The molecule has 2 N–H and O–H groups in total. The summed E-state index contributed by atoms with van der Waals surface area (Å²) >= 11 is 0. The van der Waals surface area contributed by atoms with Crippen LogP contribution in [0.3, 0.4) is 0 Å². The third-order valence-corrected chi connectivity index (χ3v) is 2.45. The van der Waals surface area contributed by atoms with Crippen LogP contribution in [0.5, 0.6) is 0 Å². The zero-order valence-corrected chi connectivity index (χ0v) is 9.74. The molecule has 0 aliphatic carbocycles. The molecule has 2 unspecified atom stereocenters. The van der Waals surface area contributed by atoms with Gasteiger partial charge in [-0.25, -0.2) is 0 Å². The Morgan fingerprint density at radius 3 is 2.93 bits per heavy atom.